The molecule has 0 spiro atoms. The molecule has 1 fully saturated rings. The van der Waals surface area contributed by atoms with Gasteiger partial charge in [-0.2, -0.15) is 10.2 Å². The van der Waals surface area contributed by atoms with E-state index in [1.54, 1.807) is 23.0 Å². The maximum Gasteiger partial charge on any atom is 0.269 e. The fourth-order valence-electron chi connectivity index (χ4n) is 4.61. The second-order valence-electron chi connectivity index (χ2n) is 9.05. The van der Waals surface area contributed by atoms with Crippen LogP contribution in [0.5, 0.6) is 5.88 Å². The van der Waals surface area contributed by atoms with Gasteiger partial charge in [-0.15, -0.1) is 5.10 Å². The molecular formula is C24H25FN8O2. The van der Waals surface area contributed by atoms with Gasteiger partial charge < -0.3 is 15.4 Å². The summed E-state index contributed by atoms with van der Waals surface area (Å²) in [6, 6.07) is 5.74. The van der Waals surface area contributed by atoms with Gasteiger partial charge in [-0.3, -0.25) is 9.20 Å². The molecule has 5 rings (SSSR count). The highest BCUT2D eigenvalue weighted by atomic mass is 19.1. The summed E-state index contributed by atoms with van der Waals surface area (Å²) >= 11 is 0. The number of halogens is 1. The van der Waals surface area contributed by atoms with E-state index in [4.69, 9.17) is 4.74 Å². The number of pyridine rings is 1. The van der Waals surface area contributed by atoms with E-state index in [1.807, 2.05) is 6.92 Å². The number of methoxy groups -OCH3 is 1. The molecule has 0 bridgehead atoms. The lowest BCUT2D eigenvalue weighted by atomic mass is 9.75. The molecule has 2 N–H and O–H groups in total. The van der Waals surface area contributed by atoms with Crippen LogP contribution in [-0.4, -0.2) is 50.1 Å². The average Bonchev–Trinajstić information content (AvgIpc) is 3.49. The summed E-state index contributed by atoms with van der Waals surface area (Å²) in [4.78, 5) is 20.8. The molecule has 0 saturated heterocycles. The number of hydrogen-bond donors (Lipinski definition) is 2. The number of hydrogen-bond acceptors (Lipinski definition) is 7. The number of amides is 1. The van der Waals surface area contributed by atoms with Crippen molar-refractivity contribution in [2.45, 2.75) is 38.6 Å². The van der Waals surface area contributed by atoms with Crippen LogP contribution < -0.4 is 15.4 Å². The summed E-state index contributed by atoms with van der Waals surface area (Å²) in [5.74, 6) is -0.180. The molecule has 4 aromatic rings. The van der Waals surface area contributed by atoms with Gasteiger partial charge in [-0.1, -0.05) is 0 Å². The number of carbonyl (C=O) groups is 1. The Kier molecular flexibility index (Phi) is 5.51. The fraction of sp³-hybridized carbons (Fsp3) is 0.375. The number of ether oxygens (including phenoxy) is 1. The van der Waals surface area contributed by atoms with Crippen molar-refractivity contribution in [3.05, 3.63) is 42.2 Å². The number of anilines is 1. The van der Waals surface area contributed by atoms with E-state index in [9.17, 15) is 14.4 Å². The highest BCUT2D eigenvalue weighted by Crippen LogP contribution is 2.37. The Morgan fingerprint density at radius 1 is 1.37 bits per heavy atom. The minimum atomic E-state index is -0.558. The molecule has 1 saturated carbocycles. The number of nitriles is 1. The molecule has 11 heteroatoms. The molecule has 0 atom stereocenters. The molecule has 0 aliphatic heterocycles. The van der Waals surface area contributed by atoms with Crippen LogP contribution in [0, 0.1) is 22.6 Å². The maximum atomic E-state index is 14.9. The third-order valence-corrected chi connectivity index (χ3v) is 6.70. The Morgan fingerprint density at radius 2 is 2.14 bits per heavy atom. The van der Waals surface area contributed by atoms with Crippen molar-refractivity contribution in [3.8, 4) is 23.1 Å². The summed E-state index contributed by atoms with van der Waals surface area (Å²) in [6.07, 6.45) is 8.08. The topological polar surface area (TPSA) is 122 Å². The lowest BCUT2D eigenvalue weighted by molar-refractivity contribution is 0.0957. The molecule has 1 aliphatic carbocycles. The predicted octanol–water partition coefficient (Wildman–Crippen LogP) is 3.44. The highest BCUT2D eigenvalue weighted by Gasteiger charge is 2.31. The fourth-order valence-corrected chi connectivity index (χ4v) is 4.61. The van der Waals surface area contributed by atoms with Gasteiger partial charge in [-0.25, -0.2) is 13.9 Å². The van der Waals surface area contributed by atoms with Crippen molar-refractivity contribution in [1.29, 1.82) is 5.26 Å². The zero-order valence-electron chi connectivity index (χ0n) is 19.7. The molecule has 180 valence electrons. The van der Waals surface area contributed by atoms with Crippen LogP contribution in [0.3, 0.4) is 0 Å². The smallest absolute Gasteiger partial charge is 0.269 e. The Morgan fingerprint density at radius 3 is 2.83 bits per heavy atom. The van der Waals surface area contributed by atoms with Crippen molar-refractivity contribution in [1.82, 2.24) is 29.3 Å². The molecule has 0 radical (unpaired) electrons. The normalized spacial score (nSPS) is 20.0. The van der Waals surface area contributed by atoms with Crippen LogP contribution >= 0.6 is 0 Å². The second-order valence-corrected chi connectivity index (χ2v) is 9.05. The number of imidazole rings is 1. The van der Waals surface area contributed by atoms with Gasteiger partial charge in [0, 0.05) is 36.6 Å². The second kappa shape index (κ2) is 8.54. The van der Waals surface area contributed by atoms with Crippen molar-refractivity contribution >= 4 is 23.0 Å². The minimum Gasteiger partial charge on any atom is -0.479 e. The van der Waals surface area contributed by atoms with E-state index in [0.717, 1.165) is 25.7 Å². The number of fused-ring (bicyclic) bond motifs is 2. The van der Waals surface area contributed by atoms with E-state index < -0.39 is 5.82 Å². The van der Waals surface area contributed by atoms with Crippen molar-refractivity contribution < 1.29 is 13.9 Å². The lowest BCUT2D eigenvalue weighted by Gasteiger charge is -2.32. The van der Waals surface area contributed by atoms with E-state index >= 15 is 0 Å². The van der Waals surface area contributed by atoms with Crippen molar-refractivity contribution in [3.63, 3.8) is 0 Å². The monoisotopic (exact) mass is 476 g/mol. The van der Waals surface area contributed by atoms with Gasteiger partial charge in [0.05, 0.1) is 24.8 Å². The maximum absolute atomic E-state index is 14.9. The molecule has 1 amide bonds. The third kappa shape index (κ3) is 3.90. The molecule has 0 unspecified atom stereocenters. The first-order chi connectivity index (χ1) is 16.9. The van der Waals surface area contributed by atoms with Crippen LogP contribution in [-0.2, 0) is 0 Å². The molecule has 1 aliphatic rings. The van der Waals surface area contributed by atoms with Gasteiger partial charge in [0.1, 0.15) is 11.2 Å². The molecule has 10 nitrogen and oxygen atoms in total. The molecule has 0 aromatic carbocycles. The van der Waals surface area contributed by atoms with Gasteiger partial charge in [0.15, 0.2) is 11.5 Å². The van der Waals surface area contributed by atoms with Gasteiger partial charge in [-0.05, 0) is 44.7 Å². The third-order valence-electron chi connectivity index (χ3n) is 6.70. The number of aromatic nitrogens is 5. The Hall–Kier alpha value is -4.20. The molecule has 4 heterocycles. The summed E-state index contributed by atoms with van der Waals surface area (Å²) < 4.78 is 23.5. The van der Waals surface area contributed by atoms with Crippen molar-refractivity contribution in [2.75, 3.05) is 19.5 Å². The van der Waals surface area contributed by atoms with Crippen molar-refractivity contribution in [2.24, 2.45) is 5.41 Å². The van der Waals surface area contributed by atoms with Gasteiger partial charge >= 0.3 is 0 Å². The molecule has 35 heavy (non-hydrogen) atoms. The Balaban J connectivity index is 1.52. The van der Waals surface area contributed by atoms with Crippen LogP contribution in [0.1, 0.15) is 43.1 Å². The first-order valence-electron chi connectivity index (χ1n) is 11.4. The quantitative estimate of drug-likeness (QED) is 0.452. The zero-order valence-corrected chi connectivity index (χ0v) is 19.7. The zero-order chi connectivity index (χ0) is 24.7. The first-order valence-corrected chi connectivity index (χ1v) is 11.4. The minimum absolute atomic E-state index is 0.0607. The highest BCUT2D eigenvalue weighted by molar-refractivity contribution is 5.93. The van der Waals surface area contributed by atoms with E-state index in [-0.39, 0.29) is 28.7 Å². The predicted molar refractivity (Wildman–Crippen MR) is 127 cm³/mol. The standard InChI is InChI=1S/C24H25FN8O2/c1-24(13-26)7-4-15(5-8-24)29-23-30-22(35-3)19-16(6-9-33(19)31-23)14-10-17(25)20-28-11-18(21(34)27-2)32(20)12-14/h6,9-12,15H,4-5,7-8H2,1-3H3,(H,27,34)(H,29,31)/t15-,24-. The number of nitrogens with one attached hydrogen (secondary N) is 2. The van der Waals surface area contributed by atoms with Crippen LogP contribution in [0.2, 0.25) is 0 Å². The lowest BCUT2D eigenvalue weighted by Crippen LogP contribution is -2.31. The molecule has 4 aromatic heterocycles. The van der Waals surface area contributed by atoms with Crippen LogP contribution in [0.15, 0.2) is 30.7 Å². The largest absolute Gasteiger partial charge is 0.479 e. The van der Waals surface area contributed by atoms with E-state index in [1.165, 1.54) is 30.8 Å². The van der Waals surface area contributed by atoms with E-state index in [0.29, 0.717) is 28.5 Å². The Labute approximate surface area is 200 Å². The Bertz CT molecular complexity index is 1480. The summed E-state index contributed by atoms with van der Waals surface area (Å²) in [5.41, 5.74) is 1.74. The summed E-state index contributed by atoms with van der Waals surface area (Å²) in [6.45, 7) is 2.00. The number of carbonyl (C=O) groups excluding carboxylic acids is 1. The summed E-state index contributed by atoms with van der Waals surface area (Å²) in [7, 11) is 3.03. The number of nitrogens with zero attached hydrogens (tertiary/aromatic N) is 6. The molecular weight excluding hydrogens is 451 g/mol. The van der Waals surface area contributed by atoms with Crippen LogP contribution in [0.25, 0.3) is 22.3 Å². The van der Waals surface area contributed by atoms with E-state index in [2.05, 4.69) is 31.8 Å². The average molecular weight is 477 g/mol. The van der Waals surface area contributed by atoms with Gasteiger partial charge in [0.25, 0.3) is 5.91 Å². The van der Waals surface area contributed by atoms with Gasteiger partial charge in [0.2, 0.25) is 11.8 Å². The summed E-state index contributed by atoms with van der Waals surface area (Å²) in [5, 5.41) is 19.9. The SMILES string of the molecule is CNC(=O)c1cnc2c(F)cc(-c3ccn4nc(N[C@H]5CC[C@](C)(C#N)CC5)nc(OC)c34)cn12. The van der Waals surface area contributed by atoms with Crippen LogP contribution in [0.4, 0.5) is 10.3 Å². The first kappa shape index (κ1) is 22.6. The number of rotatable bonds is 5.